The van der Waals surface area contributed by atoms with E-state index in [9.17, 15) is 13.2 Å². The molecule has 11 nitrogen and oxygen atoms in total. The van der Waals surface area contributed by atoms with Gasteiger partial charge in [-0.1, -0.05) is 9.71 Å². The minimum absolute atomic E-state index is 0.00516. The number of nitrogens with one attached hydrogen (secondary N) is 1. The van der Waals surface area contributed by atoms with Crippen LogP contribution in [-0.4, -0.2) is 77.7 Å². The lowest BCUT2D eigenvalue weighted by Gasteiger charge is -2.29. The Kier molecular flexibility index (Phi) is 6.96. The first-order valence-corrected chi connectivity index (χ1v) is 13.1. The molecule has 2 saturated heterocycles. The number of hydrogen-bond donors (Lipinski definition) is 2. The third-order valence-corrected chi connectivity index (χ3v) is 7.77. The first-order chi connectivity index (χ1) is 15.3. The number of rotatable bonds is 8. The summed E-state index contributed by atoms with van der Waals surface area (Å²) in [6.07, 6.45) is 1.79. The van der Waals surface area contributed by atoms with E-state index >= 15 is 0 Å². The molecule has 1 amide bonds. The largest absolute Gasteiger partial charge is 0.325 e. The van der Waals surface area contributed by atoms with E-state index in [4.69, 9.17) is 15.0 Å². The van der Waals surface area contributed by atoms with Crippen LogP contribution in [0.3, 0.4) is 0 Å². The number of thioether (sulfide) groups is 1. The van der Waals surface area contributed by atoms with Gasteiger partial charge in [0.25, 0.3) is 0 Å². The summed E-state index contributed by atoms with van der Waals surface area (Å²) in [5, 5.41) is 17.0. The Bertz CT molecular complexity index is 1060. The SMILES string of the molecule is N#CC1CSCN1CCn1on1C1CCN(CC(=O)Nc2ccc(S(N)(=O)=O)cc2)CC1. The summed E-state index contributed by atoms with van der Waals surface area (Å²) < 4.78 is 28.2. The van der Waals surface area contributed by atoms with Gasteiger partial charge in [0.2, 0.25) is 15.9 Å². The van der Waals surface area contributed by atoms with E-state index in [0.717, 1.165) is 50.7 Å². The predicted molar refractivity (Wildman–Crippen MR) is 119 cm³/mol. The molecular formula is C19H27N7O4S2. The van der Waals surface area contributed by atoms with Crippen LogP contribution in [0.2, 0.25) is 0 Å². The monoisotopic (exact) mass is 481 g/mol. The molecule has 0 saturated carbocycles. The number of aromatic nitrogens is 2. The van der Waals surface area contributed by atoms with Gasteiger partial charge in [-0.15, -0.1) is 11.8 Å². The molecule has 2 aromatic rings. The van der Waals surface area contributed by atoms with E-state index in [1.54, 1.807) is 11.8 Å². The van der Waals surface area contributed by atoms with Crippen molar-refractivity contribution >= 4 is 33.4 Å². The van der Waals surface area contributed by atoms with Crippen LogP contribution in [0.5, 0.6) is 0 Å². The van der Waals surface area contributed by atoms with Crippen LogP contribution in [0, 0.1) is 11.3 Å². The van der Waals surface area contributed by atoms with Crippen molar-refractivity contribution in [2.75, 3.05) is 43.1 Å². The van der Waals surface area contributed by atoms with E-state index in [-0.39, 0.29) is 23.4 Å². The molecule has 174 valence electrons. The highest BCUT2D eigenvalue weighted by Gasteiger charge is 2.30. The third kappa shape index (κ3) is 5.76. The zero-order valence-electron chi connectivity index (χ0n) is 17.6. The normalized spacial score (nSPS) is 21.1. The van der Waals surface area contributed by atoms with Gasteiger partial charge in [0.15, 0.2) is 0 Å². The number of piperidine rings is 1. The summed E-state index contributed by atoms with van der Waals surface area (Å²) in [7, 11) is -3.75. The van der Waals surface area contributed by atoms with Crippen molar-refractivity contribution in [3.05, 3.63) is 24.3 Å². The van der Waals surface area contributed by atoms with Gasteiger partial charge >= 0.3 is 0 Å². The number of sulfonamides is 1. The fourth-order valence-corrected chi connectivity index (χ4v) is 5.60. The van der Waals surface area contributed by atoms with E-state index in [0.29, 0.717) is 11.7 Å². The lowest BCUT2D eigenvalue weighted by molar-refractivity contribution is -0.117. The highest BCUT2D eigenvalue weighted by molar-refractivity contribution is 7.99. The summed E-state index contributed by atoms with van der Waals surface area (Å²) >= 11 is 1.79. The Labute approximate surface area is 191 Å². The van der Waals surface area contributed by atoms with Crippen LogP contribution >= 0.6 is 11.8 Å². The van der Waals surface area contributed by atoms with Crippen molar-refractivity contribution in [2.24, 2.45) is 5.14 Å². The number of nitriles is 1. The average molecular weight is 482 g/mol. The van der Waals surface area contributed by atoms with Crippen molar-refractivity contribution in [1.82, 2.24) is 19.5 Å². The number of nitrogens with two attached hydrogens (primary N) is 1. The number of amides is 1. The third-order valence-electron chi connectivity index (χ3n) is 5.78. The van der Waals surface area contributed by atoms with Crippen LogP contribution in [0.15, 0.2) is 33.8 Å². The minimum Gasteiger partial charge on any atom is -0.325 e. The Hall–Kier alpha value is -2.24. The molecule has 3 N–H and O–H groups in total. The molecule has 4 rings (SSSR count). The molecule has 2 aliphatic rings. The Morgan fingerprint density at radius 2 is 1.97 bits per heavy atom. The Morgan fingerprint density at radius 1 is 1.25 bits per heavy atom. The fraction of sp³-hybridized carbons (Fsp3) is 0.579. The van der Waals surface area contributed by atoms with E-state index < -0.39 is 10.0 Å². The van der Waals surface area contributed by atoms with E-state index in [1.165, 1.54) is 24.3 Å². The van der Waals surface area contributed by atoms with Crippen LogP contribution < -0.4 is 10.5 Å². The lowest BCUT2D eigenvalue weighted by atomic mass is 10.1. The number of anilines is 1. The molecular weight excluding hydrogens is 454 g/mol. The van der Waals surface area contributed by atoms with Crippen LogP contribution in [0.1, 0.15) is 18.9 Å². The van der Waals surface area contributed by atoms with Gasteiger partial charge in [0.1, 0.15) is 6.04 Å². The molecule has 1 aromatic carbocycles. The summed E-state index contributed by atoms with van der Waals surface area (Å²) in [4.78, 5) is 20.4. The highest BCUT2D eigenvalue weighted by Crippen LogP contribution is 2.26. The number of likely N-dealkylation sites (tertiary alicyclic amines) is 1. The molecule has 1 atom stereocenters. The van der Waals surface area contributed by atoms with Gasteiger partial charge in [-0.25, -0.2) is 13.6 Å². The topological polar surface area (TPSA) is 143 Å². The van der Waals surface area contributed by atoms with Gasteiger partial charge in [-0.3, -0.25) is 19.2 Å². The van der Waals surface area contributed by atoms with Crippen molar-refractivity contribution in [2.45, 2.75) is 36.4 Å². The number of nitrogens with zero attached hydrogens (tertiary/aromatic N) is 5. The lowest BCUT2D eigenvalue weighted by Crippen LogP contribution is -2.39. The second-order valence-corrected chi connectivity index (χ2v) is 10.6. The maximum atomic E-state index is 12.3. The summed E-state index contributed by atoms with van der Waals surface area (Å²) in [6, 6.07) is 8.42. The zero-order valence-corrected chi connectivity index (χ0v) is 19.2. The maximum Gasteiger partial charge on any atom is 0.238 e. The molecule has 0 spiro atoms. The van der Waals surface area contributed by atoms with Crippen molar-refractivity contribution in [3.8, 4) is 6.07 Å². The molecule has 3 heterocycles. The molecule has 1 aromatic heterocycles. The first-order valence-electron chi connectivity index (χ1n) is 10.4. The van der Waals surface area contributed by atoms with Gasteiger partial charge < -0.3 is 5.32 Å². The predicted octanol–water partition coefficient (Wildman–Crippen LogP) is 0.704. The molecule has 0 bridgehead atoms. The van der Waals surface area contributed by atoms with Crippen molar-refractivity contribution in [3.63, 3.8) is 0 Å². The summed E-state index contributed by atoms with van der Waals surface area (Å²) in [6.45, 7) is 3.39. The van der Waals surface area contributed by atoms with E-state index in [1.807, 2.05) is 9.71 Å². The highest BCUT2D eigenvalue weighted by atomic mass is 32.2. The van der Waals surface area contributed by atoms with Crippen LogP contribution in [0.25, 0.3) is 0 Å². The number of benzene rings is 1. The minimum atomic E-state index is -3.75. The number of hydrogen-bond acceptors (Lipinski definition) is 8. The van der Waals surface area contributed by atoms with E-state index in [2.05, 4.69) is 21.2 Å². The molecule has 0 aliphatic carbocycles. The zero-order chi connectivity index (χ0) is 22.7. The summed E-state index contributed by atoms with van der Waals surface area (Å²) in [5.41, 5.74) is 0.528. The fourth-order valence-electron chi connectivity index (χ4n) is 3.93. The quantitative estimate of drug-likeness (QED) is 0.561. The van der Waals surface area contributed by atoms with Crippen LogP contribution in [-0.2, 0) is 21.4 Å². The molecule has 32 heavy (non-hydrogen) atoms. The van der Waals surface area contributed by atoms with Gasteiger partial charge in [0.05, 0.1) is 30.1 Å². The first kappa shape index (κ1) is 22.9. The number of carbonyl (C=O) groups is 1. The number of carbonyl (C=O) groups excluding carboxylic acids is 1. The van der Waals surface area contributed by atoms with Crippen molar-refractivity contribution < 1.29 is 17.8 Å². The number of primary sulfonamides is 1. The second-order valence-electron chi connectivity index (χ2n) is 8.04. The Morgan fingerprint density at radius 3 is 2.62 bits per heavy atom. The second kappa shape index (κ2) is 9.72. The van der Waals surface area contributed by atoms with Crippen LogP contribution in [0.4, 0.5) is 5.69 Å². The maximum absolute atomic E-state index is 12.3. The molecule has 0 radical (unpaired) electrons. The Balaban J connectivity index is 1.17. The molecule has 2 aliphatic heterocycles. The van der Waals surface area contributed by atoms with Crippen molar-refractivity contribution in [1.29, 1.82) is 5.26 Å². The standard InChI is InChI=1S/C19H27N7O4S2/c20-11-17-13-31-14-24(17)9-10-25-26(30-25)16-5-7-23(8-6-16)12-19(27)22-15-1-3-18(4-2-15)32(21,28)29/h1-4,16-17H,5-10,12-14H2,(H,22,27)(H2,21,28,29). The summed E-state index contributed by atoms with van der Waals surface area (Å²) in [5.74, 6) is 1.61. The smallest absolute Gasteiger partial charge is 0.238 e. The van der Waals surface area contributed by atoms with Gasteiger partial charge in [-0.05, 0) is 37.1 Å². The van der Waals surface area contributed by atoms with Gasteiger partial charge in [0, 0.05) is 37.0 Å². The molecule has 2 fully saturated rings. The van der Waals surface area contributed by atoms with Gasteiger partial charge in [-0.2, -0.15) is 5.26 Å². The molecule has 1 unspecified atom stereocenters. The average Bonchev–Trinajstić information content (AvgIpc) is 3.39. The molecule has 13 heteroatoms.